The largest absolute Gasteiger partial charge is 0.870 e. The summed E-state index contributed by atoms with van der Waals surface area (Å²) in [6.07, 6.45) is -0.635. The third-order valence-corrected chi connectivity index (χ3v) is 2.37. The van der Waals surface area contributed by atoms with Crippen LogP contribution >= 0.6 is 0 Å². The smallest absolute Gasteiger partial charge is 0.126 e. The molecular formula is C12H21NO3. The van der Waals surface area contributed by atoms with Gasteiger partial charge in [0.2, 0.25) is 0 Å². The number of nitrogens with zero attached hydrogens (tertiary/aromatic N) is 1. The molecule has 0 heterocycles. The molecule has 1 rings (SSSR count). The minimum Gasteiger partial charge on any atom is -0.870 e. The topological polar surface area (TPSA) is 70.5 Å². The van der Waals surface area contributed by atoms with Crippen LogP contribution in [0.15, 0.2) is 30.3 Å². The van der Waals surface area contributed by atoms with Crippen LogP contribution in [0.2, 0.25) is 0 Å². The maximum absolute atomic E-state index is 9.41. The van der Waals surface area contributed by atoms with Crippen LogP contribution in [0, 0.1) is 0 Å². The van der Waals surface area contributed by atoms with Crippen molar-refractivity contribution in [2.45, 2.75) is 12.6 Å². The number of likely N-dealkylation sites (N-methyl/N-ethyl adjacent to an activating group) is 1. The van der Waals surface area contributed by atoms with E-state index in [1.807, 2.05) is 32.3 Å². The molecule has 0 fully saturated rings. The van der Waals surface area contributed by atoms with Crippen LogP contribution in [-0.2, 0) is 6.54 Å². The summed E-state index contributed by atoms with van der Waals surface area (Å²) in [4.78, 5) is 0. The summed E-state index contributed by atoms with van der Waals surface area (Å²) in [7, 11) is 4.10. The molecule has 0 bridgehead atoms. The highest BCUT2D eigenvalue weighted by Crippen LogP contribution is 2.09. The third kappa shape index (κ3) is 5.23. The number of hydrogen-bond donors (Lipinski definition) is 2. The molecule has 4 nitrogen and oxygen atoms in total. The molecule has 0 aliphatic carbocycles. The van der Waals surface area contributed by atoms with E-state index in [1.165, 1.54) is 5.56 Å². The first kappa shape index (κ1) is 15.1. The molecule has 1 aromatic carbocycles. The van der Waals surface area contributed by atoms with Crippen molar-refractivity contribution >= 4 is 0 Å². The first-order valence-corrected chi connectivity index (χ1v) is 5.18. The van der Waals surface area contributed by atoms with Crippen molar-refractivity contribution in [3.63, 3.8) is 0 Å². The summed E-state index contributed by atoms with van der Waals surface area (Å²) in [5, 5.41) is 18.2. The van der Waals surface area contributed by atoms with Crippen LogP contribution in [0.4, 0.5) is 0 Å². The van der Waals surface area contributed by atoms with Crippen molar-refractivity contribution in [2.24, 2.45) is 0 Å². The highest BCUT2D eigenvalue weighted by atomic mass is 16.3. The highest BCUT2D eigenvalue weighted by molar-refractivity contribution is 5.13. The molecule has 1 unspecified atom stereocenters. The Morgan fingerprint density at radius 1 is 1.19 bits per heavy atom. The quantitative estimate of drug-likeness (QED) is 0.717. The van der Waals surface area contributed by atoms with E-state index in [-0.39, 0.29) is 12.1 Å². The zero-order valence-electron chi connectivity index (χ0n) is 9.87. The Morgan fingerprint density at radius 3 is 2.25 bits per heavy atom. The van der Waals surface area contributed by atoms with Gasteiger partial charge in [-0.3, -0.25) is 0 Å². The fraction of sp³-hybridized carbons (Fsp3) is 0.500. The first-order chi connectivity index (χ1) is 7.03. The molecule has 0 aromatic heterocycles. The lowest BCUT2D eigenvalue weighted by Gasteiger charge is -2.31. The maximum Gasteiger partial charge on any atom is 0.126 e. The van der Waals surface area contributed by atoms with Gasteiger partial charge in [-0.15, -0.1) is 0 Å². The van der Waals surface area contributed by atoms with Gasteiger partial charge in [-0.05, 0) is 0 Å². The van der Waals surface area contributed by atoms with Gasteiger partial charge >= 0.3 is 0 Å². The fourth-order valence-corrected chi connectivity index (χ4v) is 1.77. The van der Waals surface area contributed by atoms with Crippen LogP contribution in [0.3, 0.4) is 0 Å². The zero-order chi connectivity index (χ0) is 11.3. The Morgan fingerprint density at radius 2 is 1.75 bits per heavy atom. The lowest BCUT2D eigenvalue weighted by atomic mass is 10.2. The number of quaternary nitrogens is 1. The van der Waals surface area contributed by atoms with E-state index in [0.717, 1.165) is 6.54 Å². The van der Waals surface area contributed by atoms with Gasteiger partial charge in [0.25, 0.3) is 0 Å². The predicted molar refractivity (Wildman–Crippen MR) is 62.1 cm³/mol. The van der Waals surface area contributed by atoms with Crippen LogP contribution in [0.25, 0.3) is 0 Å². The summed E-state index contributed by atoms with van der Waals surface area (Å²) in [6.45, 7) is 1.25. The van der Waals surface area contributed by atoms with Gasteiger partial charge in [0.1, 0.15) is 19.2 Å². The fourth-order valence-electron chi connectivity index (χ4n) is 1.77. The molecule has 1 aromatic rings. The maximum atomic E-state index is 9.41. The van der Waals surface area contributed by atoms with Gasteiger partial charge in [0.15, 0.2) is 0 Å². The molecule has 3 N–H and O–H groups in total. The zero-order valence-corrected chi connectivity index (χ0v) is 9.87. The van der Waals surface area contributed by atoms with E-state index >= 15 is 0 Å². The number of hydrogen-bond acceptors (Lipinski definition) is 3. The highest BCUT2D eigenvalue weighted by Gasteiger charge is 2.20. The van der Waals surface area contributed by atoms with E-state index in [2.05, 4.69) is 12.1 Å². The Bertz CT molecular complexity index is 288. The monoisotopic (exact) mass is 227 g/mol. The lowest BCUT2D eigenvalue weighted by molar-refractivity contribution is -0.906. The molecule has 0 spiro atoms. The molecule has 0 aliphatic rings. The Balaban J connectivity index is 0.00000225. The van der Waals surface area contributed by atoms with E-state index in [0.29, 0.717) is 11.0 Å². The SMILES string of the molecule is C[N+](C)(Cc1ccccc1)CC(O)CO.[OH-]. The van der Waals surface area contributed by atoms with Crippen molar-refractivity contribution in [2.75, 3.05) is 27.2 Å². The van der Waals surface area contributed by atoms with Crippen LogP contribution in [0.5, 0.6) is 0 Å². The molecule has 0 amide bonds. The number of aliphatic hydroxyl groups excluding tert-OH is 2. The van der Waals surface area contributed by atoms with Gasteiger partial charge in [-0.25, -0.2) is 0 Å². The summed E-state index contributed by atoms with van der Waals surface area (Å²) in [5.74, 6) is 0. The van der Waals surface area contributed by atoms with Gasteiger partial charge in [-0.1, -0.05) is 30.3 Å². The number of aliphatic hydroxyl groups is 2. The van der Waals surface area contributed by atoms with Crippen LogP contribution < -0.4 is 0 Å². The Kier molecular flexibility index (Phi) is 6.21. The molecule has 0 aliphatic heterocycles. The normalized spacial score (nSPS) is 13.0. The van der Waals surface area contributed by atoms with Crippen molar-refractivity contribution in [1.82, 2.24) is 0 Å². The second-order valence-corrected chi connectivity index (χ2v) is 4.60. The van der Waals surface area contributed by atoms with Crippen LogP contribution in [0.1, 0.15) is 5.56 Å². The number of benzene rings is 1. The summed E-state index contributed by atoms with van der Waals surface area (Å²) >= 11 is 0. The minimum absolute atomic E-state index is 0. The number of rotatable bonds is 5. The second-order valence-electron chi connectivity index (χ2n) is 4.60. The Labute approximate surface area is 96.7 Å². The molecular weight excluding hydrogens is 206 g/mol. The Hall–Kier alpha value is -0.940. The van der Waals surface area contributed by atoms with E-state index in [1.54, 1.807) is 0 Å². The molecule has 0 saturated heterocycles. The molecule has 0 saturated carbocycles. The van der Waals surface area contributed by atoms with Gasteiger partial charge in [0.05, 0.1) is 20.7 Å². The van der Waals surface area contributed by atoms with E-state index < -0.39 is 6.10 Å². The first-order valence-electron chi connectivity index (χ1n) is 5.18. The van der Waals surface area contributed by atoms with Gasteiger partial charge < -0.3 is 20.2 Å². The molecule has 16 heavy (non-hydrogen) atoms. The van der Waals surface area contributed by atoms with E-state index in [9.17, 15) is 5.11 Å². The van der Waals surface area contributed by atoms with Crippen molar-refractivity contribution < 1.29 is 20.2 Å². The lowest BCUT2D eigenvalue weighted by Crippen LogP contribution is -2.45. The summed E-state index contributed by atoms with van der Waals surface area (Å²) < 4.78 is 0.672. The molecule has 4 heteroatoms. The van der Waals surface area contributed by atoms with Crippen molar-refractivity contribution in [3.05, 3.63) is 35.9 Å². The standard InChI is InChI=1S/C12H20NO2.H2O/c1-13(2,9-12(15)10-14)8-11-6-4-3-5-7-11;/h3-7,12,14-15H,8-10H2,1-2H3;1H2/q+1;/p-1. The predicted octanol–water partition coefficient (Wildman–Crippen LogP) is 0.439. The van der Waals surface area contributed by atoms with Crippen molar-refractivity contribution in [1.29, 1.82) is 0 Å². The van der Waals surface area contributed by atoms with Crippen molar-refractivity contribution in [3.8, 4) is 0 Å². The molecule has 1 atom stereocenters. The van der Waals surface area contributed by atoms with Gasteiger partial charge in [-0.2, -0.15) is 0 Å². The molecule has 92 valence electrons. The average Bonchev–Trinajstić information content (AvgIpc) is 2.17. The summed E-state index contributed by atoms with van der Waals surface area (Å²) in [6, 6.07) is 10.2. The second kappa shape index (κ2) is 6.60. The minimum atomic E-state index is -0.635. The van der Waals surface area contributed by atoms with Gasteiger partial charge in [0, 0.05) is 5.56 Å². The third-order valence-electron chi connectivity index (χ3n) is 2.37. The van der Waals surface area contributed by atoms with E-state index in [4.69, 9.17) is 5.11 Å². The molecule has 0 radical (unpaired) electrons. The van der Waals surface area contributed by atoms with Crippen LogP contribution in [-0.4, -0.2) is 53.5 Å². The summed E-state index contributed by atoms with van der Waals surface area (Å²) in [5.41, 5.74) is 1.24. The average molecular weight is 227 g/mol.